The van der Waals surface area contributed by atoms with Crippen molar-refractivity contribution in [2.45, 2.75) is 32.1 Å². The van der Waals surface area contributed by atoms with Crippen LogP contribution in [0.2, 0.25) is 0 Å². The molecule has 0 aliphatic heterocycles. The molecule has 4 heteroatoms. The fraction of sp³-hybridized carbons (Fsp3) is 0.533. The quantitative estimate of drug-likeness (QED) is 0.793. The van der Waals surface area contributed by atoms with Crippen molar-refractivity contribution in [3.8, 4) is 5.75 Å². The van der Waals surface area contributed by atoms with Crippen molar-refractivity contribution < 1.29 is 9.53 Å². The Morgan fingerprint density at radius 1 is 1.32 bits per heavy atom. The molecular weight excluding hydrogens is 240 g/mol. The summed E-state index contributed by atoms with van der Waals surface area (Å²) in [4.78, 5) is 10.7. The van der Waals surface area contributed by atoms with E-state index < -0.39 is 0 Å². The van der Waals surface area contributed by atoms with Crippen LogP contribution in [0.5, 0.6) is 5.75 Å². The Hall–Kier alpha value is -1.71. The number of hydrogen-bond donors (Lipinski definition) is 2. The van der Waals surface area contributed by atoms with Crippen LogP contribution < -0.4 is 15.8 Å². The molecule has 1 fully saturated rings. The van der Waals surface area contributed by atoms with Gasteiger partial charge in [0, 0.05) is 6.54 Å². The van der Waals surface area contributed by atoms with Gasteiger partial charge in [-0.25, -0.2) is 0 Å². The van der Waals surface area contributed by atoms with Gasteiger partial charge >= 0.3 is 0 Å². The van der Waals surface area contributed by atoms with Crippen LogP contribution in [0.4, 0.5) is 5.69 Å². The molecule has 1 saturated carbocycles. The summed E-state index contributed by atoms with van der Waals surface area (Å²) < 4.78 is 5.60. The molecule has 0 radical (unpaired) electrons. The maximum Gasteiger partial charge on any atom is 0.220 e. The van der Waals surface area contributed by atoms with Gasteiger partial charge in [0.05, 0.1) is 18.7 Å². The van der Waals surface area contributed by atoms with Crippen molar-refractivity contribution in [3.63, 3.8) is 0 Å². The number of rotatable bonds is 7. The Labute approximate surface area is 114 Å². The van der Waals surface area contributed by atoms with Crippen LogP contribution in [-0.2, 0) is 4.79 Å². The third-order valence-electron chi connectivity index (χ3n) is 3.55. The van der Waals surface area contributed by atoms with E-state index in [4.69, 9.17) is 10.5 Å². The topological polar surface area (TPSA) is 64.4 Å². The zero-order chi connectivity index (χ0) is 13.5. The van der Waals surface area contributed by atoms with Crippen LogP contribution in [-0.4, -0.2) is 19.1 Å². The van der Waals surface area contributed by atoms with Gasteiger partial charge in [0.25, 0.3) is 0 Å². The number of anilines is 1. The molecule has 2 rings (SSSR count). The molecular formula is C15H22N2O2. The standard InChI is InChI=1S/C15H22N2O2/c16-15(18)9-10-19-14-8-4-3-7-13(14)17-11-12-5-1-2-6-12/h3-4,7-8,12,17H,1-2,5-6,9-11H2,(H2,16,18). The number of benzene rings is 1. The maximum absolute atomic E-state index is 10.7. The van der Waals surface area contributed by atoms with Gasteiger partial charge < -0.3 is 15.8 Å². The Morgan fingerprint density at radius 3 is 2.79 bits per heavy atom. The number of primary amides is 1. The summed E-state index contributed by atoms with van der Waals surface area (Å²) >= 11 is 0. The zero-order valence-electron chi connectivity index (χ0n) is 11.2. The second kappa shape index (κ2) is 7.02. The van der Waals surface area contributed by atoms with Crippen LogP contribution in [0.3, 0.4) is 0 Å². The van der Waals surface area contributed by atoms with Crippen LogP contribution in [0, 0.1) is 5.92 Å². The lowest BCUT2D eigenvalue weighted by Gasteiger charge is -2.15. The minimum atomic E-state index is -0.337. The minimum absolute atomic E-state index is 0.247. The molecule has 0 aromatic heterocycles. The van der Waals surface area contributed by atoms with E-state index in [1.165, 1.54) is 25.7 Å². The van der Waals surface area contributed by atoms with Crippen molar-refractivity contribution in [2.75, 3.05) is 18.5 Å². The van der Waals surface area contributed by atoms with E-state index in [1.54, 1.807) is 0 Å². The van der Waals surface area contributed by atoms with E-state index in [-0.39, 0.29) is 12.3 Å². The van der Waals surface area contributed by atoms with E-state index in [9.17, 15) is 4.79 Å². The molecule has 1 aromatic rings. The Kier molecular flexibility index (Phi) is 5.07. The molecule has 0 bridgehead atoms. The second-order valence-electron chi connectivity index (χ2n) is 5.09. The fourth-order valence-electron chi connectivity index (χ4n) is 2.47. The SMILES string of the molecule is NC(=O)CCOc1ccccc1NCC1CCCC1. The average Bonchev–Trinajstić information content (AvgIpc) is 2.90. The van der Waals surface area contributed by atoms with E-state index in [0.29, 0.717) is 6.61 Å². The minimum Gasteiger partial charge on any atom is -0.491 e. The molecule has 0 heterocycles. The molecule has 1 aliphatic carbocycles. The highest BCUT2D eigenvalue weighted by Gasteiger charge is 2.15. The number of para-hydroxylation sites is 2. The first-order chi connectivity index (χ1) is 9.25. The average molecular weight is 262 g/mol. The van der Waals surface area contributed by atoms with E-state index in [2.05, 4.69) is 5.32 Å². The molecule has 0 saturated heterocycles. The summed E-state index contributed by atoms with van der Waals surface area (Å²) in [6.07, 6.45) is 5.58. The molecule has 19 heavy (non-hydrogen) atoms. The predicted octanol–water partition coefficient (Wildman–Crippen LogP) is 2.54. The Balaban J connectivity index is 1.85. The number of carbonyl (C=O) groups excluding carboxylic acids is 1. The van der Waals surface area contributed by atoms with Crippen LogP contribution in [0.25, 0.3) is 0 Å². The number of nitrogens with two attached hydrogens (primary N) is 1. The molecule has 4 nitrogen and oxygen atoms in total. The van der Waals surface area contributed by atoms with Crippen LogP contribution in [0.15, 0.2) is 24.3 Å². The summed E-state index contributed by atoms with van der Waals surface area (Å²) in [5, 5.41) is 3.45. The first-order valence-electron chi connectivity index (χ1n) is 6.99. The molecule has 0 atom stereocenters. The first-order valence-corrected chi connectivity index (χ1v) is 6.99. The van der Waals surface area contributed by atoms with Gasteiger partial charge in [-0.2, -0.15) is 0 Å². The molecule has 1 aromatic carbocycles. The molecule has 3 N–H and O–H groups in total. The summed E-state index contributed by atoms with van der Waals surface area (Å²) in [6, 6.07) is 7.84. The van der Waals surface area contributed by atoms with E-state index in [1.807, 2.05) is 24.3 Å². The van der Waals surface area contributed by atoms with Crippen LogP contribution in [0.1, 0.15) is 32.1 Å². The highest BCUT2D eigenvalue weighted by molar-refractivity contribution is 5.73. The number of amides is 1. The number of ether oxygens (including phenoxy) is 1. The third-order valence-corrected chi connectivity index (χ3v) is 3.55. The first kappa shape index (κ1) is 13.7. The van der Waals surface area contributed by atoms with Gasteiger partial charge in [-0.3, -0.25) is 4.79 Å². The highest BCUT2D eigenvalue weighted by atomic mass is 16.5. The monoisotopic (exact) mass is 262 g/mol. The largest absolute Gasteiger partial charge is 0.491 e. The van der Waals surface area contributed by atoms with Gasteiger partial charge in [0.1, 0.15) is 5.75 Å². The highest BCUT2D eigenvalue weighted by Crippen LogP contribution is 2.28. The third kappa shape index (κ3) is 4.47. The molecule has 1 aliphatic rings. The number of carbonyl (C=O) groups is 1. The normalized spacial score (nSPS) is 15.4. The lowest BCUT2D eigenvalue weighted by atomic mass is 10.1. The summed E-state index contributed by atoms with van der Waals surface area (Å²) in [6.45, 7) is 1.33. The predicted molar refractivity (Wildman–Crippen MR) is 76.2 cm³/mol. The van der Waals surface area contributed by atoms with Gasteiger partial charge in [-0.15, -0.1) is 0 Å². The Bertz CT molecular complexity index is 414. The lowest BCUT2D eigenvalue weighted by molar-refractivity contribution is -0.118. The van der Waals surface area contributed by atoms with Gasteiger partial charge in [-0.1, -0.05) is 25.0 Å². The Morgan fingerprint density at radius 2 is 2.05 bits per heavy atom. The molecule has 0 unspecified atom stereocenters. The van der Waals surface area contributed by atoms with E-state index in [0.717, 1.165) is 23.9 Å². The van der Waals surface area contributed by atoms with Crippen LogP contribution >= 0.6 is 0 Å². The summed E-state index contributed by atoms with van der Waals surface area (Å²) in [7, 11) is 0. The lowest BCUT2D eigenvalue weighted by Crippen LogP contribution is -2.15. The van der Waals surface area contributed by atoms with E-state index >= 15 is 0 Å². The smallest absolute Gasteiger partial charge is 0.220 e. The number of hydrogen-bond acceptors (Lipinski definition) is 3. The van der Waals surface area contributed by atoms with Gasteiger partial charge in [0.2, 0.25) is 5.91 Å². The molecule has 104 valence electrons. The fourth-order valence-corrected chi connectivity index (χ4v) is 2.47. The van der Waals surface area contributed by atoms with Gasteiger partial charge in [0.15, 0.2) is 0 Å². The van der Waals surface area contributed by atoms with Gasteiger partial charge in [-0.05, 0) is 30.9 Å². The number of nitrogens with one attached hydrogen (secondary N) is 1. The van der Waals surface area contributed by atoms with Crippen molar-refractivity contribution in [1.82, 2.24) is 0 Å². The van der Waals surface area contributed by atoms with Crippen molar-refractivity contribution in [2.24, 2.45) is 11.7 Å². The zero-order valence-corrected chi connectivity index (χ0v) is 11.2. The summed E-state index contributed by atoms with van der Waals surface area (Å²) in [5.41, 5.74) is 6.10. The maximum atomic E-state index is 10.7. The van der Waals surface area contributed by atoms with Crippen molar-refractivity contribution in [3.05, 3.63) is 24.3 Å². The summed E-state index contributed by atoms with van der Waals surface area (Å²) in [5.74, 6) is 1.23. The molecule has 0 spiro atoms. The molecule has 1 amide bonds. The van der Waals surface area contributed by atoms with Crippen molar-refractivity contribution >= 4 is 11.6 Å². The second-order valence-corrected chi connectivity index (χ2v) is 5.09. The van der Waals surface area contributed by atoms with Crippen molar-refractivity contribution in [1.29, 1.82) is 0 Å².